The monoisotopic (exact) mass is 211 g/mol. The predicted molar refractivity (Wildman–Crippen MR) is 40.8 cm³/mol. The highest BCUT2D eigenvalue weighted by atomic mass is 79.9. The summed E-state index contributed by atoms with van der Waals surface area (Å²) < 4.78 is 0.622. The molecule has 1 aromatic rings. The van der Waals surface area contributed by atoms with E-state index >= 15 is 0 Å². The summed E-state index contributed by atoms with van der Waals surface area (Å²) >= 11 is 3.15. The Kier molecular flexibility index (Phi) is 1.32. The third-order valence-electron chi connectivity index (χ3n) is 1.29. The van der Waals surface area contributed by atoms with Crippen molar-refractivity contribution >= 4 is 27.5 Å². The summed E-state index contributed by atoms with van der Waals surface area (Å²) in [4.78, 5) is 14.8. The molecule has 0 bridgehead atoms. The highest BCUT2D eigenvalue weighted by molar-refractivity contribution is 9.10. The van der Waals surface area contributed by atoms with Gasteiger partial charge in [-0.05, 0) is 28.1 Å². The predicted octanol–water partition coefficient (Wildman–Crippen LogP) is 2.08. The Hall–Kier alpha value is -1.10. The van der Waals surface area contributed by atoms with Crippen LogP contribution in [-0.2, 0) is 0 Å². The summed E-state index contributed by atoms with van der Waals surface area (Å²) in [7, 11) is 0. The summed E-state index contributed by atoms with van der Waals surface area (Å²) in [6, 6.07) is 3.41. The van der Waals surface area contributed by atoms with Crippen molar-refractivity contribution in [2.45, 2.75) is 0 Å². The number of aromatic nitrogens is 1. The van der Waals surface area contributed by atoms with Crippen LogP contribution in [0.3, 0.4) is 0 Å². The van der Waals surface area contributed by atoms with Gasteiger partial charge in [-0.1, -0.05) is 0 Å². The van der Waals surface area contributed by atoms with E-state index in [0.29, 0.717) is 16.0 Å². The molecule has 0 spiro atoms. The van der Waals surface area contributed by atoms with Gasteiger partial charge in [0.25, 0.3) is 0 Å². The van der Waals surface area contributed by atoms with E-state index in [2.05, 4.69) is 31.1 Å². The number of hydrogen-bond acceptors (Lipinski definition) is 3. The van der Waals surface area contributed by atoms with E-state index in [1.165, 1.54) is 0 Å². The van der Waals surface area contributed by atoms with Crippen LogP contribution in [0.1, 0.15) is 10.5 Å². The lowest BCUT2D eigenvalue weighted by molar-refractivity contribution is 0.0998. The maximum absolute atomic E-state index is 10.9. The van der Waals surface area contributed by atoms with Crippen LogP contribution in [0.2, 0.25) is 0 Å². The van der Waals surface area contributed by atoms with Gasteiger partial charge in [-0.25, -0.2) is 4.98 Å². The number of carbonyl (C=O) groups is 1. The van der Waals surface area contributed by atoms with E-state index in [1.54, 1.807) is 12.1 Å². The standard InChI is InChI=1S/C6H2BrN3O/c7-4-2-1-3-5(8-4)6(11)10-9-3/h1-2H. The molecule has 0 aromatic carbocycles. The second kappa shape index (κ2) is 2.20. The molecule has 0 aliphatic carbocycles. The molecule has 1 aliphatic rings. The number of fused-ring (bicyclic) bond motifs is 1. The van der Waals surface area contributed by atoms with Crippen LogP contribution in [0.15, 0.2) is 27.0 Å². The van der Waals surface area contributed by atoms with Crippen LogP contribution in [0, 0.1) is 0 Å². The lowest BCUT2D eigenvalue weighted by Gasteiger charge is -1.91. The van der Waals surface area contributed by atoms with Crippen molar-refractivity contribution < 1.29 is 4.79 Å². The van der Waals surface area contributed by atoms with E-state index in [4.69, 9.17) is 0 Å². The highest BCUT2D eigenvalue weighted by Crippen LogP contribution is 2.25. The molecule has 11 heavy (non-hydrogen) atoms. The second-order valence-electron chi connectivity index (χ2n) is 2.01. The molecule has 0 saturated carbocycles. The first kappa shape index (κ1) is 6.60. The van der Waals surface area contributed by atoms with Crippen molar-refractivity contribution in [3.05, 3.63) is 22.4 Å². The number of amides is 1. The van der Waals surface area contributed by atoms with Crippen LogP contribution in [0.25, 0.3) is 0 Å². The molecule has 1 aromatic heterocycles. The average molecular weight is 212 g/mol. The summed E-state index contributed by atoms with van der Waals surface area (Å²) in [6.45, 7) is 0. The molecule has 4 nitrogen and oxygen atoms in total. The topological polar surface area (TPSA) is 54.7 Å². The van der Waals surface area contributed by atoms with Gasteiger partial charge in [0.1, 0.15) is 10.3 Å². The molecule has 0 radical (unpaired) electrons. The molecule has 0 N–H and O–H groups in total. The Bertz CT molecular complexity index is 361. The maximum Gasteiger partial charge on any atom is 0.316 e. The SMILES string of the molecule is O=C1N=Nc2ccc(Br)nc21. The molecular weight excluding hydrogens is 210 g/mol. The number of azo groups is 1. The summed E-state index contributed by atoms with van der Waals surface area (Å²) in [5, 5.41) is 6.96. The lowest BCUT2D eigenvalue weighted by Crippen LogP contribution is -1.93. The fraction of sp³-hybridized carbons (Fsp3) is 0. The van der Waals surface area contributed by atoms with Gasteiger partial charge in [0.15, 0.2) is 5.69 Å². The molecule has 2 heterocycles. The van der Waals surface area contributed by atoms with E-state index in [0.717, 1.165) is 0 Å². The molecule has 54 valence electrons. The number of carbonyl (C=O) groups excluding carboxylic acids is 1. The first-order chi connectivity index (χ1) is 5.27. The Morgan fingerprint density at radius 1 is 1.27 bits per heavy atom. The van der Waals surface area contributed by atoms with Gasteiger partial charge in [0.05, 0.1) is 0 Å². The quantitative estimate of drug-likeness (QED) is 0.618. The Balaban J connectivity index is 2.67. The van der Waals surface area contributed by atoms with Crippen LogP contribution in [-0.4, -0.2) is 10.9 Å². The largest absolute Gasteiger partial charge is 0.316 e. The van der Waals surface area contributed by atoms with Crippen molar-refractivity contribution in [3.8, 4) is 0 Å². The summed E-state index contributed by atoms with van der Waals surface area (Å²) in [6.07, 6.45) is 0. The molecule has 0 atom stereocenters. The third kappa shape index (κ3) is 0.970. The van der Waals surface area contributed by atoms with Gasteiger partial charge < -0.3 is 0 Å². The van der Waals surface area contributed by atoms with Gasteiger partial charge in [-0.15, -0.1) is 10.2 Å². The fourth-order valence-electron chi connectivity index (χ4n) is 0.813. The molecule has 1 amide bonds. The average Bonchev–Trinajstić information content (AvgIpc) is 2.33. The maximum atomic E-state index is 10.9. The summed E-state index contributed by atoms with van der Waals surface area (Å²) in [5.41, 5.74) is 0.859. The van der Waals surface area contributed by atoms with Crippen LogP contribution >= 0.6 is 15.9 Å². The number of hydrogen-bond donors (Lipinski definition) is 0. The zero-order valence-corrected chi connectivity index (χ0v) is 6.87. The second-order valence-corrected chi connectivity index (χ2v) is 2.82. The zero-order valence-electron chi connectivity index (χ0n) is 5.28. The van der Waals surface area contributed by atoms with Gasteiger partial charge in [0.2, 0.25) is 0 Å². The molecule has 0 saturated heterocycles. The zero-order chi connectivity index (χ0) is 7.84. The third-order valence-corrected chi connectivity index (χ3v) is 1.73. The number of nitrogens with zero attached hydrogens (tertiary/aromatic N) is 3. The van der Waals surface area contributed by atoms with Crippen molar-refractivity contribution in [2.75, 3.05) is 0 Å². The van der Waals surface area contributed by atoms with E-state index < -0.39 is 0 Å². The van der Waals surface area contributed by atoms with E-state index in [1.807, 2.05) is 0 Å². The molecule has 5 heteroatoms. The molecular formula is C6H2BrN3O. The van der Waals surface area contributed by atoms with Crippen molar-refractivity contribution in [2.24, 2.45) is 10.2 Å². The van der Waals surface area contributed by atoms with Gasteiger partial charge in [0, 0.05) is 0 Å². The first-order valence-electron chi connectivity index (χ1n) is 2.90. The molecule has 2 rings (SSSR count). The van der Waals surface area contributed by atoms with Gasteiger partial charge in [-0.3, -0.25) is 4.79 Å². The number of rotatable bonds is 0. The van der Waals surface area contributed by atoms with Crippen LogP contribution < -0.4 is 0 Å². The van der Waals surface area contributed by atoms with E-state index in [-0.39, 0.29) is 5.91 Å². The van der Waals surface area contributed by atoms with E-state index in [9.17, 15) is 4.79 Å². The van der Waals surface area contributed by atoms with Crippen LogP contribution in [0.4, 0.5) is 5.69 Å². The Morgan fingerprint density at radius 2 is 2.09 bits per heavy atom. The van der Waals surface area contributed by atoms with Gasteiger partial charge >= 0.3 is 5.91 Å². The highest BCUT2D eigenvalue weighted by Gasteiger charge is 2.18. The minimum absolute atomic E-state index is 0.319. The normalized spacial score (nSPS) is 13.7. The van der Waals surface area contributed by atoms with Gasteiger partial charge in [-0.2, -0.15) is 0 Å². The fourth-order valence-corrected chi connectivity index (χ4v) is 1.12. The Morgan fingerprint density at radius 3 is 2.91 bits per heavy atom. The summed E-state index contributed by atoms with van der Waals surface area (Å²) in [5.74, 6) is -0.374. The van der Waals surface area contributed by atoms with Crippen molar-refractivity contribution in [1.82, 2.24) is 4.98 Å². The smallest absolute Gasteiger partial charge is 0.263 e. The minimum atomic E-state index is -0.374. The minimum Gasteiger partial charge on any atom is -0.263 e. The lowest BCUT2D eigenvalue weighted by atomic mass is 10.3. The Labute approximate surface area is 70.5 Å². The van der Waals surface area contributed by atoms with Crippen LogP contribution in [0.5, 0.6) is 0 Å². The molecule has 0 unspecified atom stereocenters. The molecule has 0 fully saturated rings. The van der Waals surface area contributed by atoms with Crippen molar-refractivity contribution in [1.29, 1.82) is 0 Å². The number of pyridine rings is 1. The number of halogens is 1. The molecule has 1 aliphatic heterocycles. The first-order valence-corrected chi connectivity index (χ1v) is 3.69. The van der Waals surface area contributed by atoms with Crippen molar-refractivity contribution in [3.63, 3.8) is 0 Å².